The fourth-order valence-corrected chi connectivity index (χ4v) is 2.66. The minimum Gasteiger partial charge on any atom is -0.452 e. The first-order valence-electron chi connectivity index (χ1n) is 7.75. The molecule has 0 fully saturated rings. The normalized spacial score (nSPS) is 10.5. The van der Waals surface area contributed by atoms with Gasteiger partial charge in [-0.1, -0.05) is 54.1 Å². The fraction of sp³-hybridized carbons (Fsp3) is 0.100. The van der Waals surface area contributed by atoms with E-state index in [1.165, 1.54) is 0 Å². The van der Waals surface area contributed by atoms with Crippen molar-refractivity contribution in [2.75, 3.05) is 11.9 Å². The van der Waals surface area contributed by atoms with Gasteiger partial charge < -0.3 is 10.1 Å². The minimum absolute atomic E-state index is 0.368. The van der Waals surface area contributed by atoms with E-state index in [-0.39, 0.29) is 6.61 Å². The van der Waals surface area contributed by atoms with Gasteiger partial charge in [0.15, 0.2) is 6.61 Å². The first-order valence-corrected chi connectivity index (χ1v) is 8.13. The molecule has 0 aromatic heterocycles. The van der Waals surface area contributed by atoms with Gasteiger partial charge in [0, 0.05) is 10.7 Å². The fourth-order valence-electron chi connectivity index (χ4n) is 2.48. The maximum Gasteiger partial charge on any atom is 0.339 e. The number of halogens is 1. The Hall–Kier alpha value is -2.85. The number of aryl methyl sites for hydroxylation is 1. The lowest BCUT2D eigenvalue weighted by atomic mass is 10.1. The van der Waals surface area contributed by atoms with Crippen molar-refractivity contribution in [2.45, 2.75) is 6.92 Å². The van der Waals surface area contributed by atoms with Gasteiger partial charge in [0.1, 0.15) is 0 Å². The molecule has 0 unspecified atom stereocenters. The van der Waals surface area contributed by atoms with Crippen molar-refractivity contribution >= 4 is 39.9 Å². The summed E-state index contributed by atoms with van der Waals surface area (Å²) in [7, 11) is 0. The Balaban J connectivity index is 1.65. The minimum atomic E-state index is -0.533. The molecule has 0 atom stereocenters. The zero-order chi connectivity index (χ0) is 17.8. The number of carbonyl (C=O) groups is 2. The summed E-state index contributed by atoms with van der Waals surface area (Å²) in [6, 6.07) is 18.1. The maximum absolute atomic E-state index is 12.3. The summed E-state index contributed by atoms with van der Waals surface area (Å²) in [5.74, 6) is -0.956. The number of carbonyl (C=O) groups excluding carboxylic acids is 2. The topological polar surface area (TPSA) is 55.4 Å². The van der Waals surface area contributed by atoms with Crippen LogP contribution >= 0.6 is 11.6 Å². The molecule has 1 N–H and O–H groups in total. The van der Waals surface area contributed by atoms with E-state index in [0.717, 1.165) is 16.3 Å². The van der Waals surface area contributed by atoms with Crippen LogP contribution in [-0.2, 0) is 9.53 Å². The Morgan fingerprint density at radius 2 is 1.80 bits per heavy atom. The molecule has 0 heterocycles. The number of benzene rings is 3. The van der Waals surface area contributed by atoms with Gasteiger partial charge in [-0.05, 0) is 41.5 Å². The molecule has 3 aromatic rings. The van der Waals surface area contributed by atoms with Crippen LogP contribution in [0, 0.1) is 6.92 Å². The molecule has 3 aromatic carbocycles. The Morgan fingerprint density at radius 1 is 1.04 bits per heavy atom. The number of nitrogens with one attached hydrogen (secondary N) is 1. The number of hydrogen-bond donors (Lipinski definition) is 1. The van der Waals surface area contributed by atoms with E-state index in [1.807, 2.05) is 37.3 Å². The third-order valence-corrected chi connectivity index (χ3v) is 4.21. The Morgan fingerprint density at radius 3 is 2.60 bits per heavy atom. The van der Waals surface area contributed by atoms with Crippen LogP contribution in [0.1, 0.15) is 15.9 Å². The summed E-state index contributed by atoms with van der Waals surface area (Å²) < 4.78 is 5.14. The van der Waals surface area contributed by atoms with E-state index in [4.69, 9.17) is 16.3 Å². The number of amides is 1. The molecule has 0 saturated carbocycles. The highest BCUT2D eigenvalue weighted by atomic mass is 35.5. The predicted molar refractivity (Wildman–Crippen MR) is 99.0 cm³/mol. The summed E-state index contributed by atoms with van der Waals surface area (Å²) >= 11 is 6.02. The van der Waals surface area contributed by atoms with Crippen molar-refractivity contribution in [1.29, 1.82) is 0 Å². The van der Waals surface area contributed by atoms with Crippen LogP contribution in [0.4, 0.5) is 5.69 Å². The SMILES string of the molecule is Cc1ccc(NC(=O)COC(=O)c2cccc3ccccc23)cc1Cl. The van der Waals surface area contributed by atoms with Gasteiger partial charge in [-0.15, -0.1) is 0 Å². The summed E-state index contributed by atoms with van der Waals surface area (Å²) in [5.41, 5.74) is 1.91. The van der Waals surface area contributed by atoms with E-state index in [9.17, 15) is 9.59 Å². The highest BCUT2D eigenvalue weighted by molar-refractivity contribution is 6.31. The van der Waals surface area contributed by atoms with E-state index >= 15 is 0 Å². The molecule has 5 heteroatoms. The smallest absolute Gasteiger partial charge is 0.339 e. The van der Waals surface area contributed by atoms with Crippen LogP contribution in [0.5, 0.6) is 0 Å². The molecule has 25 heavy (non-hydrogen) atoms. The second-order valence-electron chi connectivity index (χ2n) is 5.61. The molecule has 0 spiro atoms. The third-order valence-electron chi connectivity index (χ3n) is 3.80. The molecule has 0 aliphatic heterocycles. The predicted octanol–water partition coefficient (Wildman–Crippen LogP) is 4.60. The van der Waals surface area contributed by atoms with Crippen LogP contribution in [0.3, 0.4) is 0 Å². The van der Waals surface area contributed by atoms with E-state index in [1.54, 1.807) is 30.3 Å². The molecule has 0 aliphatic carbocycles. The highest BCUT2D eigenvalue weighted by Gasteiger charge is 2.13. The van der Waals surface area contributed by atoms with Gasteiger partial charge >= 0.3 is 5.97 Å². The second kappa shape index (κ2) is 7.36. The summed E-state index contributed by atoms with van der Waals surface area (Å²) in [4.78, 5) is 24.3. The van der Waals surface area contributed by atoms with Crippen molar-refractivity contribution in [3.8, 4) is 0 Å². The Labute approximate surface area is 150 Å². The van der Waals surface area contributed by atoms with Gasteiger partial charge in [0.25, 0.3) is 5.91 Å². The molecule has 3 rings (SSSR count). The number of anilines is 1. The van der Waals surface area contributed by atoms with E-state index < -0.39 is 11.9 Å². The standard InChI is InChI=1S/C20H16ClNO3/c1-13-9-10-15(11-18(13)21)22-19(23)12-25-20(24)17-8-4-6-14-5-2-3-7-16(14)17/h2-11H,12H2,1H3,(H,22,23). The molecular formula is C20H16ClNO3. The number of hydrogen-bond acceptors (Lipinski definition) is 3. The maximum atomic E-state index is 12.3. The molecule has 126 valence electrons. The van der Waals surface area contributed by atoms with Crippen LogP contribution < -0.4 is 5.32 Å². The van der Waals surface area contributed by atoms with Crippen LogP contribution in [0.15, 0.2) is 60.7 Å². The third kappa shape index (κ3) is 3.98. The van der Waals surface area contributed by atoms with Gasteiger partial charge in [-0.3, -0.25) is 4.79 Å². The lowest BCUT2D eigenvalue weighted by molar-refractivity contribution is -0.119. The van der Waals surface area contributed by atoms with E-state index in [0.29, 0.717) is 16.3 Å². The lowest BCUT2D eigenvalue weighted by Gasteiger charge is -2.09. The molecular weight excluding hydrogens is 338 g/mol. The van der Waals surface area contributed by atoms with Crippen LogP contribution in [0.2, 0.25) is 5.02 Å². The quantitative estimate of drug-likeness (QED) is 0.697. The molecule has 0 bridgehead atoms. The van der Waals surface area contributed by atoms with Crippen molar-refractivity contribution < 1.29 is 14.3 Å². The van der Waals surface area contributed by atoms with Gasteiger partial charge in [0.05, 0.1) is 5.56 Å². The first-order chi connectivity index (χ1) is 12.0. The van der Waals surface area contributed by atoms with Crippen LogP contribution in [0.25, 0.3) is 10.8 Å². The highest BCUT2D eigenvalue weighted by Crippen LogP contribution is 2.21. The summed E-state index contributed by atoms with van der Waals surface area (Å²) in [6.45, 7) is 1.51. The number of esters is 1. The van der Waals surface area contributed by atoms with Crippen molar-refractivity contribution in [3.05, 3.63) is 76.8 Å². The second-order valence-corrected chi connectivity index (χ2v) is 6.02. The number of ether oxygens (including phenoxy) is 1. The van der Waals surface area contributed by atoms with Crippen molar-refractivity contribution in [3.63, 3.8) is 0 Å². The number of fused-ring (bicyclic) bond motifs is 1. The Kier molecular flexibility index (Phi) is 5.00. The van der Waals surface area contributed by atoms with Crippen molar-refractivity contribution in [2.24, 2.45) is 0 Å². The molecule has 0 radical (unpaired) electrons. The molecule has 4 nitrogen and oxygen atoms in total. The number of rotatable bonds is 4. The zero-order valence-electron chi connectivity index (χ0n) is 13.6. The molecule has 0 aliphatic rings. The van der Waals surface area contributed by atoms with Gasteiger partial charge in [-0.2, -0.15) is 0 Å². The van der Waals surface area contributed by atoms with Gasteiger partial charge in [-0.25, -0.2) is 4.79 Å². The summed E-state index contributed by atoms with van der Waals surface area (Å²) in [6.07, 6.45) is 0. The van der Waals surface area contributed by atoms with Crippen LogP contribution in [-0.4, -0.2) is 18.5 Å². The average molecular weight is 354 g/mol. The Bertz CT molecular complexity index is 947. The van der Waals surface area contributed by atoms with Crippen molar-refractivity contribution in [1.82, 2.24) is 0 Å². The lowest BCUT2D eigenvalue weighted by Crippen LogP contribution is -2.21. The average Bonchev–Trinajstić information content (AvgIpc) is 2.62. The monoisotopic (exact) mass is 353 g/mol. The van der Waals surface area contributed by atoms with Gasteiger partial charge in [0.2, 0.25) is 0 Å². The molecule has 0 saturated heterocycles. The molecule has 1 amide bonds. The van der Waals surface area contributed by atoms with E-state index in [2.05, 4.69) is 5.32 Å². The summed E-state index contributed by atoms with van der Waals surface area (Å²) in [5, 5.41) is 4.95. The first kappa shape index (κ1) is 17.0. The largest absolute Gasteiger partial charge is 0.452 e. The zero-order valence-corrected chi connectivity index (χ0v) is 14.3.